The number of unbranched alkanes of at least 4 members (excludes halogenated alkanes) is 3. The molecule has 0 saturated heterocycles. The molecule has 0 radical (unpaired) electrons. The van der Waals surface area contributed by atoms with Gasteiger partial charge in [0.05, 0.1) is 38.1 Å². The molecule has 0 aromatic heterocycles. The number of rotatable bonds is 27. The van der Waals surface area contributed by atoms with Crippen LogP contribution in [0.15, 0.2) is 0 Å². The summed E-state index contributed by atoms with van der Waals surface area (Å²) in [4.78, 5) is 27.7. The zero-order valence-corrected chi connectivity index (χ0v) is 38.2. The summed E-state index contributed by atoms with van der Waals surface area (Å²) >= 11 is 0. The monoisotopic (exact) mass is 1020 g/mol. The minimum atomic E-state index is -5.73. The maximum absolute atomic E-state index is 12.8. The van der Waals surface area contributed by atoms with Crippen molar-refractivity contribution < 1.29 is 121 Å². The third-order valence-electron chi connectivity index (χ3n) is 7.17. The van der Waals surface area contributed by atoms with Gasteiger partial charge in [-0.05, 0) is 38.5 Å². The maximum atomic E-state index is 12.8. The first-order valence-corrected chi connectivity index (χ1v) is 22.6. The second-order valence-corrected chi connectivity index (χ2v) is 16.8. The van der Waals surface area contributed by atoms with Crippen molar-refractivity contribution in [3.63, 3.8) is 0 Å². The van der Waals surface area contributed by atoms with Gasteiger partial charge in [-0.25, -0.2) is 13.7 Å². The zero-order chi connectivity index (χ0) is 48.1. The van der Waals surface area contributed by atoms with Crippen LogP contribution in [0.4, 0.5) is 65.9 Å². The molecule has 0 rings (SSSR count). The molecule has 0 aliphatic rings. The van der Waals surface area contributed by atoms with Crippen LogP contribution in [-0.4, -0.2) is 89.1 Å². The Hall–Kier alpha value is -0.290. The largest absolute Gasteiger partial charge is 0.472 e. The first-order chi connectivity index (χ1) is 26.8. The SMILES string of the molecule is CCCCOP(=O)(O)OC(CC)CC(F)(F)C(F)(F)F.CCCCOP(=O)(O)OC(CC)CC(F)(F)C(F)(F)F.CCCCOP(=O)(O)OC(CC)CC(F)(F)C(F)(F)F.P. The van der Waals surface area contributed by atoms with Gasteiger partial charge in [0, 0.05) is 19.3 Å². The lowest BCUT2D eigenvalue weighted by Crippen LogP contribution is -2.39. The molecule has 0 heterocycles. The van der Waals surface area contributed by atoms with Gasteiger partial charge in [-0.1, -0.05) is 60.8 Å². The highest BCUT2D eigenvalue weighted by molar-refractivity contribution is 7.47. The fourth-order valence-corrected chi connectivity index (χ4v) is 6.67. The van der Waals surface area contributed by atoms with Crippen LogP contribution in [-0.2, 0) is 40.8 Å². The summed E-state index contributed by atoms with van der Waals surface area (Å²) in [6.07, 6.45) is -25.2. The molecule has 0 aliphatic carbocycles. The van der Waals surface area contributed by atoms with Gasteiger partial charge >= 0.3 is 59.8 Å². The van der Waals surface area contributed by atoms with Gasteiger partial charge in [0.1, 0.15) is 0 Å². The Kier molecular flexibility index (Phi) is 32.4. The summed E-state index contributed by atoms with van der Waals surface area (Å²) in [5, 5.41) is 0. The normalized spacial score (nSPS) is 17.5. The van der Waals surface area contributed by atoms with Crippen molar-refractivity contribution in [2.24, 2.45) is 0 Å². The van der Waals surface area contributed by atoms with E-state index in [0.717, 1.165) is 0 Å². The number of alkyl halides is 15. The Labute approximate surface area is 347 Å². The highest BCUT2D eigenvalue weighted by Gasteiger charge is 2.60. The van der Waals surface area contributed by atoms with Crippen molar-refractivity contribution in [2.75, 3.05) is 19.8 Å². The molecule has 0 spiro atoms. The Morgan fingerprint density at radius 2 is 0.590 bits per heavy atom. The van der Waals surface area contributed by atoms with Gasteiger partial charge in [0.2, 0.25) is 0 Å². The smallest absolute Gasteiger partial charge is 0.302 e. The average Bonchev–Trinajstić information content (AvgIpc) is 3.06. The van der Waals surface area contributed by atoms with Crippen LogP contribution in [0.5, 0.6) is 0 Å². The molecule has 0 aliphatic heterocycles. The van der Waals surface area contributed by atoms with E-state index in [9.17, 15) is 94.2 Å². The minimum absolute atomic E-state index is 0. The number of hydrogen-bond donors (Lipinski definition) is 3. The van der Waals surface area contributed by atoms with Crippen LogP contribution in [0, 0.1) is 0 Å². The van der Waals surface area contributed by atoms with Gasteiger partial charge in [0.25, 0.3) is 0 Å². The molecule has 0 bridgehead atoms. The lowest BCUT2D eigenvalue weighted by atomic mass is 10.1. The van der Waals surface area contributed by atoms with Crippen LogP contribution in [0.25, 0.3) is 0 Å². The van der Waals surface area contributed by atoms with E-state index in [4.69, 9.17) is 0 Å². The molecule has 0 aromatic carbocycles. The molecule has 3 N–H and O–H groups in total. The van der Waals surface area contributed by atoms with Crippen molar-refractivity contribution in [2.45, 2.75) is 173 Å². The summed E-state index contributed by atoms with van der Waals surface area (Å²) in [5.41, 5.74) is 0. The second kappa shape index (κ2) is 29.4. The van der Waals surface area contributed by atoms with E-state index in [1.165, 1.54) is 20.8 Å². The van der Waals surface area contributed by atoms with Crippen molar-refractivity contribution >= 4 is 33.4 Å². The topological polar surface area (TPSA) is 167 Å². The van der Waals surface area contributed by atoms with E-state index < -0.39 is 97.3 Å². The van der Waals surface area contributed by atoms with Gasteiger partial charge in [-0.2, -0.15) is 75.8 Å². The van der Waals surface area contributed by atoms with Crippen molar-refractivity contribution in [1.82, 2.24) is 0 Å². The van der Waals surface area contributed by atoms with Crippen molar-refractivity contribution in [3.8, 4) is 0 Å². The number of phosphoric acid groups is 3. The predicted octanol–water partition coefficient (Wildman–Crippen LogP) is 12.9. The van der Waals surface area contributed by atoms with E-state index in [2.05, 4.69) is 27.1 Å². The fraction of sp³-hybridized carbons (Fsp3) is 1.00. The summed E-state index contributed by atoms with van der Waals surface area (Å²) in [6.45, 7) is 8.72. The van der Waals surface area contributed by atoms with Crippen LogP contribution >= 0.6 is 33.4 Å². The fourth-order valence-electron chi connectivity index (χ4n) is 3.60. The second-order valence-electron chi connectivity index (χ2n) is 12.6. The lowest BCUT2D eigenvalue weighted by molar-refractivity contribution is -0.289. The van der Waals surface area contributed by atoms with E-state index in [-0.39, 0.29) is 49.0 Å². The van der Waals surface area contributed by atoms with E-state index >= 15 is 0 Å². The van der Waals surface area contributed by atoms with Gasteiger partial charge in [-0.15, -0.1) is 0 Å². The summed E-state index contributed by atoms with van der Waals surface area (Å²) in [7, 11) is -13.9. The Morgan fingerprint density at radius 3 is 0.721 bits per heavy atom. The average molecular weight is 1020 g/mol. The molecule has 7 unspecified atom stereocenters. The zero-order valence-electron chi connectivity index (χ0n) is 34.1. The maximum Gasteiger partial charge on any atom is 0.472 e. The summed E-state index contributed by atoms with van der Waals surface area (Å²) < 4.78 is 246. The quantitative estimate of drug-likeness (QED) is 0.0405. The highest BCUT2D eigenvalue weighted by Crippen LogP contribution is 2.51. The van der Waals surface area contributed by atoms with Gasteiger partial charge < -0.3 is 14.7 Å². The molecular weight excluding hydrogens is 961 g/mol. The van der Waals surface area contributed by atoms with E-state index in [0.29, 0.717) is 38.5 Å². The minimum Gasteiger partial charge on any atom is -0.302 e. The highest BCUT2D eigenvalue weighted by atomic mass is 31.2. The third-order valence-corrected chi connectivity index (χ3v) is 10.4. The number of phosphoric ester groups is 3. The molecule has 7 atom stereocenters. The molecule has 0 saturated carbocycles. The van der Waals surface area contributed by atoms with Crippen LogP contribution in [0.1, 0.15) is 119 Å². The van der Waals surface area contributed by atoms with Gasteiger partial charge in [0.15, 0.2) is 0 Å². The van der Waals surface area contributed by atoms with Crippen molar-refractivity contribution in [1.29, 1.82) is 0 Å². The van der Waals surface area contributed by atoms with Gasteiger partial charge in [-0.3, -0.25) is 27.1 Å². The number of hydrogen-bond acceptors (Lipinski definition) is 9. The third kappa shape index (κ3) is 30.5. The summed E-state index contributed by atoms with van der Waals surface area (Å²) in [5.74, 6) is -15.0. The molecule has 0 fully saturated rings. The Bertz CT molecular complexity index is 1160. The van der Waals surface area contributed by atoms with Crippen LogP contribution < -0.4 is 0 Å². The molecule has 0 amide bonds. The molecular formula is C30H57F15O12P4. The van der Waals surface area contributed by atoms with E-state index in [1.54, 1.807) is 20.8 Å². The summed E-state index contributed by atoms with van der Waals surface area (Å²) in [6, 6.07) is 0. The standard InChI is InChI=1S/3C10H18F5O4P.H3P/c3*1-3-5-6-18-20(16,17)19-8(4-2)7-9(11,12)10(13,14)15;/h3*8H,3-7H2,1-2H3,(H,16,17);1H3. The van der Waals surface area contributed by atoms with E-state index in [1.807, 2.05) is 0 Å². The first kappa shape index (κ1) is 67.3. The molecule has 374 valence electrons. The Balaban J connectivity index is -0.000000396. The molecule has 12 nitrogen and oxygen atoms in total. The Morgan fingerprint density at radius 1 is 0.410 bits per heavy atom. The van der Waals surface area contributed by atoms with Crippen LogP contribution in [0.2, 0.25) is 0 Å². The van der Waals surface area contributed by atoms with Crippen LogP contribution in [0.3, 0.4) is 0 Å². The predicted molar refractivity (Wildman–Crippen MR) is 196 cm³/mol. The molecule has 61 heavy (non-hydrogen) atoms. The molecule has 0 aromatic rings. The van der Waals surface area contributed by atoms with Crippen molar-refractivity contribution in [3.05, 3.63) is 0 Å². The first-order valence-electron chi connectivity index (χ1n) is 18.2. The molecule has 31 heteroatoms. The number of halogens is 15. The lowest BCUT2D eigenvalue weighted by Gasteiger charge is -2.25.